The molecular weight excluding hydrogens is 226 g/mol. The van der Waals surface area contributed by atoms with Gasteiger partial charge in [-0.25, -0.2) is 8.42 Å². The van der Waals surface area contributed by atoms with E-state index in [-0.39, 0.29) is 23.3 Å². The van der Waals surface area contributed by atoms with E-state index in [0.717, 1.165) is 19.4 Å². The minimum Gasteiger partial charge on any atom is -0.391 e. The maximum atomic E-state index is 11.4. The van der Waals surface area contributed by atoms with Gasteiger partial charge in [0.05, 0.1) is 17.6 Å². The highest BCUT2D eigenvalue weighted by molar-refractivity contribution is 7.91. The predicted octanol–water partition coefficient (Wildman–Crippen LogP) is 0.266. The Morgan fingerprint density at radius 1 is 1.38 bits per heavy atom. The molecule has 4 nitrogen and oxygen atoms in total. The summed E-state index contributed by atoms with van der Waals surface area (Å²) in [5.41, 5.74) is -0.0338. The summed E-state index contributed by atoms with van der Waals surface area (Å²) in [6.07, 6.45) is 1.32. The largest absolute Gasteiger partial charge is 0.391 e. The standard InChI is InChI=1S/C11H21NO3S/c1-11(2)4-5-12(7-10(11)13)9-3-6-16(14,15)8-9/h9-10,13H,3-8H2,1-2H3. The molecule has 2 saturated heterocycles. The lowest BCUT2D eigenvalue weighted by atomic mass is 9.79. The quantitative estimate of drug-likeness (QED) is 0.722. The molecule has 0 aromatic carbocycles. The van der Waals surface area contributed by atoms with Crippen molar-refractivity contribution in [3.63, 3.8) is 0 Å². The van der Waals surface area contributed by atoms with Gasteiger partial charge in [-0.15, -0.1) is 0 Å². The third kappa shape index (κ3) is 2.41. The summed E-state index contributed by atoms with van der Waals surface area (Å²) in [6.45, 7) is 5.66. The summed E-state index contributed by atoms with van der Waals surface area (Å²) in [5, 5.41) is 10.0. The van der Waals surface area contributed by atoms with E-state index >= 15 is 0 Å². The molecule has 0 aliphatic carbocycles. The highest BCUT2D eigenvalue weighted by Crippen LogP contribution is 2.32. The molecule has 0 spiro atoms. The first kappa shape index (κ1) is 12.3. The van der Waals surface area contributed by atoms with E-state index in [9.17, 15) is 13.5 Å². The number of likely N-dealkylation sites (tertiary alicyclic amines) is 1. The van der Waals surface area contributed by atoms with Crippen molar-refractivity contribution in [1.29, 1.82) is 0 Å². The molecule has 1 N–H and O–H groups in total. The Morgan fingerprint density at radius 3 is 2.56 bits per heavy atom. The Balaban J connectivity index is 1.99. The van der Waals surface area contributed by atoms with Crippen LogP contribution in [0.4, 0.5) is 0 Å². The Morgan fingerprint density at radius 2 is 2.06 bits per heavy atom. The monoisotopic (exact) mass is 247 g/mol. The van der Waals surface area contributed by atoms with Gasteiger partial charge in [0, 0.05) is 12.6 Å². The zero-order chi connectivity index (χ0) is 12.0. The molecule has 2 fully saturated rings. The van der Waals surface area contributed by atoms with Crippen molar-refractivity contribution in [3.8, 4) is 0 Å². The molecule has 0 amide bonds. The van der Waals surface area contributed by atoms with Gasteiger partial charge in [0.25, 0.3) is 0 Å². The van der Waals surface area contributed by atoms with Gasteiger partial charge < -0.3 is 5.11 Å². The summed E-state index contributed by atoms with van der Waals surface area (Å²) < 4.78 is 22.8. The van der Waals surface area contributed by atoms with Crippen molar-refractivity contribution in [3.05, 3.63) is 0 Å². The number of hydrogen-bond donors (Lipinski definition) is 1. The lowest BCUT2D eigenvalue weighted by Gasteiger charge is -2.43. The number of sulfone groups is 1. The second kappa shape index (κ2) is 3.96. The molecule has 2 heterocycles. The molecule has 94 valence electrons. The summed E-state index contributed by atoms with van der Waals surface area (Å²) >= 11 is 0. The van der Waals surface area contributed by atoms with Gasteiger partial charge in [0.1, 0.15) is 0 Å². The molecule has 0 aromatic heterocycles. The molecule has 2 aliphatic heterocycles. The fourth-order valence-corrected chi connectivity index (χ4v) is 4.32. The SMILES string of the molecule is CC1(C)CCN(C2CCS(=O)(=O)C2)CC1O. The minimum absolute atomic E-state index is 0.0338. The highest BCUT2D eigenvalue weighted by Gasteiger charge is 2.39. The molecule has 2 atom stereocenters. The maximum Gasteiger partial charge on any atom is 0.151 e. The van der Waals surface area contributed by atoms with E-state index in [4.69, 9.17) is 0 Å². The Labute approximate surface area is 97.6 Å². The smallest absolute Gasteiger partial charge is 0.151 e. The average molecular weight is 247 g/mol. The zero-order valence-corrected chi connectivity index (χ0v) is 10.8. The third-order valence-electron chi connectivity index (χ3n) is 4.08. The van der Waals surface area contributed by atoms with Crippen molar-refractivity contribution in [2.45, 2.75) is 38.8 Å². The van der Waals surface area contributed by atoms with E-state index < -0.39 is 9.84 Å². The van der Waals surface area contributed by atoms with Crippen LogP contribution < -0.4 is 0 Å². The summed E-state index contributed by atoms with van der Waals surface area (Å²) in [7, 11) is -2.81. The van der Waals surface area contributed by atoms with Crippen molar-refractivity contribution >= 4 is 9.84 Å². The molecule has 0 saturated carbocycles. The minimum atomic E-state index is -2.81. The number of rotatable bonds is 1. The average Bonchev–Trinajstić information content (AvgIpc) is 2.51. The molecule has 16 heavy (non-hydrogen) atoms. The van der Waals surface area contributed by atoms with Gasteiger partial charge in [-0.05, 0) is 24.8 Å². The molecular formula is C11H21NO3S. The van der Waals surface area contributed by atoms with Gasteiger partial charge in [-0.2, -0.15) is 0 Å². The van der Waals surface area contributed by atoms with Gasteiger partial charge in [0.2, 0.25) is 0 Å². The van der Waals surface area contributed by atoms with Gasteiger partial charge in [-0.3, -0.25) is 4.90 Å². The maximum absolute atomic E-state index is 11.4. The van der Waals surface area contributed by atoms with Crippen LogP contribution in [0.5, 0.6) is 0 Å². The summed E-state index contributed by atoms with van der Waals surface area (Å²) in [5.74, 6) is 0.591. The molecule has 0 radical (unpaired) electrons. The molecule has 2 rings (SSSR count). The lowest BCUT2D eigenvalue weighted by Crippen LogP contribution is -2.52. The predicted molar refractivity (Wildman–Crippen MR) is 63.0 cm³/mol. The Hall–Kier alpha value is -0.130. The van der Waals surface area contributed by atoms with E-state index in [1.54, 1.807) is 0 Å². The second-order valence-electron chi connectivity index (χ2n) is 5.81. The topological polar surface area (TPSA) is 57.6 Å². The fourth-order valence-electron chi connectivity index (χ4n) is 2.55. The van der Waals surface area contributed by atoms with Crippen LogP contribution in [0.15, 0.2) is 0 Å². The van der Waals surface area contributed by atoms with Crippen LogP contribution in [0, 0.1) is 5.41 Å². The van der Waals surface area contributed by atoms with E-state index in [1.807, 2.05) is 0 Å². The van der Waals surface area contributed by atoms with Gasteiger partial charge in [-0.1, -0.05) is 13.8 Å². The van der Waals surface area contributed by atoms with Crippen LogP contribution in [-0.2, 0) is 9.84 Å². The van der Waals surface area contributed by atoms with Gasteiger partial charge >= 0.3 is 0 Å². The molecule has 5 heteroatoms. The Kier molecular flexibility index (Phi) is 3.05. The number of nitrogens with zero attached hydrogens (tertiary/aromatic N) is 1. The number of piperidine rings is 1. The van der Waals surface area contributed by atoms with Crippen LogP contribution >= 0.6 is 0 Å². The first-order valence-corrected chi connectivity index (χ1v) is 7.75. The van der Waals surface area contributed by atoms with E-state index in [2.05, 4.69) is 18.7 Å². The van der Waals surface area contributed by atoms with Gasteiger partial charge in [0.15, 0.2) is 9.84 Å². The van der Waals surface area contributed by atoms with Crippen molar-refractivity contribution in [2.75, 3.05) is 24.6 Å². The van der Waals surface area contributed by atoms with Crippen molar-refractivity contribution in [2.24, 2.45) is 5.41 Å². The number of hydrogen-bond acceptors (Lipinski definition) is 4. The number of β-amino-alcohol motifs (C(OH)–C–C–N with tert-alkyl or cyclic N) is 1. The van der Waals surface area contributed by atoms with Crippen LogP contribution in [-0.4, -0.2) is 55.2 Å². The van der Waals surface area contributed by atoms with E-state index in [0.29, 0.717) is 12.3 Å². The number of aliphatic hydroxyl groups is 1. The third-order valence-corrected chi connectivity index (χ3v) is 5.83. The molecule has 2 unspecified atom stereocenters. The first-order valence-electron chi connectivity index (χ1n) is 5.93. The summed E-state index contributed by atoms with van der Waals surface area (Å²) in [4.78, 5) is 2.15. The molecule has 2 aliphatic rings. The van der Waals surface area contributed by atoms with Crippen LogP contribution in [0.1, 0.15) is 26.7 Å². The molecule has 0 aromatic rings. The highest BCUT2D eigenvalue weighted by atomic mass is 32.2. The summed E-state index contributed by atoms with van der Waals surface area (Å²) in [6, 6.07) is 0.135. The van der Waals surface area contributed by atoms with Crippen molar-refractivity contribution in [1.82, 2.24) is 4.90 Å². The lowest BCUT2D eigenvalue weighted by molar-refractivity contribution is -0.0358. The fraction of sp³-hybridized carbons (Fsp3) is 1.00. The normalized spacial score (nSPS) is 38.7. The molecule has 0 bridgehead atoms. The van der Waals surface area contributed by atoms with Crippen LogP contribution in [0.3, 0.4) is 0 Å². The first-order chi connectivity index (χ1) is 7.30. The Bertz CT molecular complexity index is 363. The van der Waals surface area contributed by atoms with Crippen LogP contribution in [0.2, 0.25) is 0 Å². The zero-order valence-electron chi connectivity index (χ0n) is 10.0. The second-order valence-corrected chi connectivity index (χ2v) is 8.03. The number of aliphatic hydroxyl groups excluding tert-OH is 1. The van der Waals surface area contributed by atoms with Crippen LogP contribution in [0.25, 0.3) is 0 Å². The van der Waals surface area contributed by atoms with E-state index in [1.165, 1.54) is 0 Å². The van der Waals surface area contributed by atoms with Crippen molar-refractivity contribution < 1.29 is 13.5 Å².